The van der Waals surface area contributed by atoms with E-state index < -0.39 is 0 Å². The Kier molecular flexibility index (Phi) is 5.00. The topological polar surface area (TPSA) is 0 Å². The molecule has 42 heavy (non-hydrogen) atoms. The molecule has 0 saturated heterocycles. The smallest absolute Gasteiger partial charge is 0.00137 e. The third-order valence-corrected chi connectivity index (χ3v) is 8.99. The van der Waals surface area contributed by atoms with Gasteiger partial charge in [0.15, 0.2) is 0 Å². The molecule has 0 aliphatic rings. The summed E-state index contributed by atoms with van der Waals surface area (Å²) in [5.74, 6) is 0. The van der Waals surface area contributed by atoms with Crippen molar-refractivity contribution in [1.29, 1.82) is 0 Å². The molecule has 0 atom stereocenters. The highest BCUT2D eigenvalue weighted by molar-refractivity contribution is 6.39. The van der Waals surface area contributed by atoms with E-state index in [1.54, 1.807) is 0 Å². The van der Waals surface area contributed by atoms with E-state index in [-0.39, 0.29) is 0 Å². The van der Waals surface area contributed by atoms with Crippen molar-refractivity contribution in [3.8, 4) is 22.3 Å². The summed E-state index contributed by atoms with van der Waals surface area (Å²) in [6.45, 7) is 0. The monoisotopic (exact) mass is 530 g/mol. The van der Waals surface area contributed by atoms with Crippen molar-refractivity contribution in [2.45, 2.75) is 0 Å². The van der Waals surface area contributed by atoms with E-state index in [1.165, 1.54) is 86.9 Å². The molecule has 0 spiro atoms. The SMILES string of the molecule is c1ccc(-c2ccc3cc(-c4ccc5c6ccccc6c6c7ccccc7c7ccccc7c6c5c4)ccc3c2)cc1. The van der Waals surface area contributed by atoms with Crippen LogP contribution in [0.1, 0.15) is 0 Å². The zero-order chi connectivity index (χ0) is 27.6. The summed E-state index contributed by atoms with van der Waals surface area (Å²) < 4.78 is 0. The van der Waals surface area contributed by atoms with E-state index in [4.69, 9.17) is 0 Å². The first-order valence-corrected chi connectivity index (χ1v) is 14.6. The van der Waals surface area contributed by atoms with Crippen molar-refractivity contribution in [3.05, 3.63) is 158 Å². The predicted octanol–water partition coefficient (Wildman–Crippen LogP) is 11.9. The van der Waals surface area contributed by atoms with Crippen LogP contribution in [0, 0.1) is 0 Å². The van der Waals surface area contributed by atoms with Gasteiger partial charge in [0.2, 0.25) is 0 Å². The third kappa shape index (κ3) is 3.42. The number of rotatable bonds is 2. The fourth-order valence-corrected chi connectivity index (χ4v) is 7.04. The van der Waals surface area contributed by atoms with Crippen LogP contribution in [0.25, 0.3) is 86.9 Å². The molecule has 0 unspecified atom stereocenters. The summed E-state index contributed by atoms with van der Waals surface area (Å²) in [5.41, 5.74) is 4.98. The second kappa shape index (κ2) is 9.03. The standard InChI is InChI=1S/C42H26/c1-2-10-27(11-3-1)28-18-19-30-25-31(21-20-29(30)24-28)32-22-23-36-35-14-6-8-16-38(35)41-37-15-7-4-12-33(37)34-13-5-9-17-39(34)42(41)40(36)26-32/h1-26H. The first-order valence-electron chi connectivity index (χ1n) is 14.6. The van der Waals surface area contributed by atoms with Gasteiger partial charge in [-0.05, 0) is 105 Å². The summed E-state index contributed by atoms with van der Waals surface area (Å²) in [4.78, 5) is 0. The molecule has 0 heterocycles. The molecule has 9 rings (SSSR count). The van der Waals surface area contributed by atoms with Gasteiger partial charge < -0.3 is 0 Å². The third-order valence-electron chi connectivity index (χ3n) is 8.99. The minimum absolute atomic E-state index is 1.24. The molecule has 0 aromatic heterocycles. The van der Waals surface area contributed by atoms with Crippen molar-refractivity contribution in [3.63, 3.8) is 0 Å². The molecule has 9 aromatic carbocycles. The minimum Gasteiger partial charge on any atom is -0.0622 e. The van der Waals surface area contributed by atoms with Gasteiger partial charge >= 0.3 is 0 Å². The Morgan fingerprint density at radius 2 is 0.595 bits per heavy atom. The maximum Gasteiger partial charge on any atom is -0.00137 e. The number of hydrogen-bond acceptors (Lipinski definition) is 0. The molecule has 0 N–H and O–H groups in total. The van der Waals surface area contributed by atoms with Gasteiger partial charge in [0, 0.05) is 0 Å². The number of benzene rings is 9. The maximum absolute atomic E-state index is 2.42. The van der Waals surface area contributed by atoms with Crippen molar-refractivity contribution >= 4 is 64.6 Å². The Morgan fingerprint density at radius 1 is 0.214 bits per heavy atom. The van der Waals surface area contributed by atoms with Crippen LogP contribution in [0.15, 0.2) is 158 Å². The van der Waals surface area contributed by atoms with Gasteiger partial charge in [-0.25, -0.2) is 0 Å². The fourth-order valence-electron chi connectivity index (χ4n) is 7.04. The number of fused-ring (bicyclic) bond motifs is 12. The van der Waals surface area contributed by atoms with Crippen molar-refractivity contribution in [1.82, 2.24) is 0 Å². The van der Waals surface area contributed by atoms with Crippen molar-refractivity contribution in [2.75, 3.05) is 0 Å². The highest BCUT2D eigenvalue weighted by atomic mass is 14.2. The molecule has 0 fully saturated rings. The van der Waals surface area contributed by atoms with Crippen LogP contribution in [0.2, 0.25) is 0 Å². The van der Waals surface area contributed by atoms with E-state index >= 15 is 0 Å². The van der Waals surface area contributed by atoms with Gasteiger partial charge in [0.05, 0.1) is 0 Å². The highest BCUT2D eigenvalue weighted by Gasteiger charge is 2.16. The maximum atomic E-state index is 2.42. The Labute approximate surface area is 244 Å². The molecule has 0 nitrogen and oxygen atoms in total. The molecule has 194 valence electrons. The summed E-state index contributed by atoms with van der Waals surface area (Å²) >= 11 is 0. The Balaban J connectivity index is 1.34. The predicted molar refractivity (Wildman–Crippen MR) is 182 cm³/mol. The summed E-state index contributed by atoms with van der Waals surface area (Å²) in [6, 6.07) is 58.0. The molecule has 9 aromatic rings. The van der Waals surface area contributed by atoms with E-state index in [2.05, 4.69) is 158 Å². The Bertz CT molecular complexity index is 2480. The lowest BCUT2D eigenvalue weighted by Gasteiger charge is -2.17. The summed E-state index contributed by atoms with van der Waals surface area (Å²) in [6.07, 6.45) is 0. The largest absolute Gasteiger partial charge is 0.0622 e. The van der Waals surface area contributed by atoms with Gasteiger partial charge in [-0.2, -0.15) is 0 Å². The molecular formula is C42H26. The molecule has 0 saturated carbocycles. The van der Waals surface area contributed by atoms with E-state index in [0.717, 1.165) is 0 Å². The first-order chi connectivity index (χ1) is 20.8. The van der Waals surface area contributed by atoms with Crippen LogP contribution in [-0.4, -0.2) is 0 Å². The molecule has 0 heteroatoms. The normalized spacial score (nSPS) is 11.8. The van der Waals surface area contributed by atoms with Gasteiger partial charge in [0.25, 0.3) is 0 Å². The van der Waals surface area contributed by atoms with E-state index in [1.807, 2.05) is 0 Å². The lowest BCUT2D eigenvalue weighted by Crippen LogP contribution is -1.89. The van der Waals surface area contributed by atoms with Crippen LogP contribution in [0.3, 0.4) is 0 Å². The van der Waals surface area contributed by atoms with Gasteiger partial charge in [-0.15, -0.1) is 0 Å². The molecule has 0 aliphatic heterocycles. The van der Waals surface area contributed by atoms with Crippen LogP contribution in [-0.2, 0) is 0 Å². The molecular weight excluding hydrogens is 504 g/mol. The van der Waals surface area contributed by atoms with Gasteiger partial charge in [0.1, 0.15) is 0 Å². The Morgan fingerprint density at radius 3 is 1.14 bits per heavy atom. The highest BCUT2D eigenvalue weighted by Crippen LogP contribution is 2.44. The molecule has 0 aliphatic carbocycles. The summed E-state index contributed by atoms with van der Waals surface area (Å²) in [5, 5.41) is 15.7. The van der Waals surface area contributed by atoms with Crippen LogP contribution >= 0.6 is 0 Å². The zero-order valence-corrected chi connectivity index (χ0v) is 23.0. The van der Waals surface area contributed by atoms with Gasteiger partial charge in [-0.3, -0.25) is 0 Å². The lowest BCUT2D eigenvalue weighted by molar-refractivity contribution is 1.64. The summed E-state index contributed by atoms with van der Waals surface area (Å²) in [7, 11) is 0. The van der Waals surface area contributed by atoms with Crippen LogP contribution < -0.4 is 0 Å². The second-order valence-electron chi connectivity index (χ2n) is 11.3. The second-order valence-corrected chi connectivity index (χ2v) is 11.3. The molecule has 0 bridgehead atoms. The average Bonchev–Trinajstić information content (AvgIpc) is 3.07. The van der Waals surface area contributed by atoms with Crippen molar-refractivity contribution in [2.24, 2.45) is 0 Å². The van der Waals surface area contributed by atoms with Crippen molar-refractivity contribution < 1.29 is 0 Å². The number of hydrogen-bond donors (Lipinski definition) is 0. The first kappa shape index (κ1) is 23.3. The fraction of sp³-hybridized carbons (Fsp3) is 0. The lowest BCUT2D eigenvalue weighted by atomic mass is 9.86. The van der Waals surface area contributed by atoms with Gasteiger partial charge in [-0.1, -0.05) is 140 Å². The average molecular weight is 531 g/mol. The minimum atomic E-state index is 1.24. The van der Waals surface area contributed by atoms with E-state index in [9.17, 15) is 0 Å². The molecule has 0 amide bonds. The van der Waals surface area contributed by atoms with Crippen LogP contribution in [0.5, 0.6) is 0 Å². The quantitative estimate of drug-likeness (QED) is 0.195. The molecule has 0 radical (unpaired) electrons. The van der Waals surface area contributed by atoms with E-state index in [0.29, 0.717) is 0 Å². The van der Waals surface area contributed by atoms with Crippen LogP contribution in [0.4, 0.5) is 0 Å². The Hall–Kier alpha value is -5.46. The zero-order valence-electron chi connectivity index (χ0n) is 23.0.